The molecule has 1 aliphatic heterocycles. The molecule has 6 heteroatoms. The zero-order valence-electron chi connectivity index (χ0n) is 16.2. The Balaban J connectivity index is 0.00000117. The third kappa shape index (κ3) is 6.55. The Kier molecular flexibility index (Phi) is 10.0. The van der Waals surface area contributed by atoms with Crippen LogP contribution in [0.5, 0.6) is 0 Å². The summed E-state index contributed by atoms with van der Waals surface area (Å²) in [5.41, 5.74) is 0. The highest BCUT2D eigenvalue weighted by atomic mass is 79.9. The number of piperidine rings is 1. The van der Waals surface area contributed by atoms with Gasteiger partial charge in [-0.05, 0) is 48.6 Å². The molecule has 1 aromatic heterocycles. The molecule has 1 aliphatic carbocycles. The molecule has 2 aliphatic rings. The van der Waals surface area contributed by atoms with Gasteiger partial charge in [0.05, 0.1) is 12.7 Å². The molecule has 4 nitrogen and oxygen atoms in total. The average Bonchev–Trinajstić information content (AvgIpc) is 2.71. The minimum atomic E-state index is 0.367. The lowest BCUT2D eigenvalue weighted by Crippen LogP contribution is -2.50. The van der Waals surface area contributed by atoms with Crippen molar-refractivity contribution < 1.29 is 4.74 Å². The lowest BCUT2D eigenvalue weighted by Gasteiger charge is -2.39. The van der Waals surface area contributed by atoms with E-state index >= 15 is 0 Å². The van der Waals surface area contributed by atoms with E-state index in [2.05, 4.69) is 55.0 Å². The SMILES string of the molecule is CC.CSNC1CCN(c2ccccn2)CC1COC1CC=C(Br)CC1. The van der Waals surface area contributed by atoms with Gasteiger partial charge in [0.1, 0.15) is 5.82 Å². The van der Waals surface area contributed by atoms with Crippen LogP contribution in [0.1, 0.15) is 39.5 Å². The Labute approximate surface area is 171 Å². The van der Waals surface area contributed by atoms with Gasteiger partial charge in [0.15, 0.2) is 0 Å². The number of pyridine rings is 1. The highest BCUT2D eigenvalue weighted by Crippen LogP contribution is 2.27. The summed E-state index contributed by atoms with van der Waals surface area (Å²) < 4.78 is 11.2. The molecule has 0 amide bonds. The Hall–Kier alpha value is -0.560. The number of hydrogen-bond acceptors (Lipinski definition) is 5. The van der Waals surface area contributed by atoms with Crippen molar-refractivity contribution in [3.8, 4) is 0 Å². The van der Waals surface area contributed by atoms with Crippen LogP contribution in [0.25, 0.3) is 0 Å². The molecule has 0 spiro atoms. The molecular weight excluding hydrogens is 410 g/mol. The summed E-state index contributed by atoms with van der Waals surface area (Å²) in [5.74, 6) is 1.57. The van der Waals surface area contributed by atoms with Gasteiger partial charge in [-0.2, -0.15) is 0 Å². The first-order valence-corrected chi connectivity index (χ1v) is 11.7. The van der Waals surface area contributed by atoms with Gasteiger partial charge in [0, 0.05) is 31.2 Å². The Bertz CT molecular complexity index is 543. The lowest BCUT2D eigenvalue weighted by molar-refractivity contribution is 0.0158. The molecule has 2 heterocycles. The fraction of sp³-hybridized carbons (Fsp3) is 0.650. The summed E-state index contributed by atoms with van der Waals surface area (Å²) >= 11 is 5.30. The van der Waals surface area contributed by atoms with Crippen molar-refractivity contribution in [2.75, 3.05) is 30.9 Å². The molecule has 1 aromatic rings. The van der Waals surface area contributed by atoms with Gasteiger partial charge in [-0.25, -0.2) is 4.98 Å². The van der Waals surface area contributed by atoms with E-state index in [0.29, 0.717) is 18.1 Å². The summed E-state index contributed by atoms with van der Waals surface area (Å²) in [5, 5.41) is 0. The van der Waals surface area contributed by atoms with E-state index in [0.717, 1.165) is 51.2 Å². The number of allylic oxidation sites excluding steroid dienone is 1. The second-order valence-electron chi connectivity index (χ2n) is 6.49. The van der Waals surface area contributed by atoms with E-state index in [4.69, 9.17) is 4.74 Å². The molecule has 1 saturated heterocycles. The van der Waals surface area contributed by atoms with Crippen molar-refractivity contribution in [3.63, 3.8) is 0 Å². The largest absolute Gasteiger partial charge is 0.377 e. The van der Waals surface area contributed by atoms with Crippen molar-refractivity contribution >= 4 is 33.7 Å². The van der Waals surface area contributed by atoms with E-state index in [1.807, 2.05) is 26.1 Å². The monoisotopic (exact) mass is 441 g/mol. The summed E-state index contributed by atoms with van der Waals surface area (Å²) in [6.45, 7) is 6.87. The van der Waals surface area contributed by atoms with E-state index in [1.54, 1.807) is 11.9 Å². The smallest absolute Gasteiger partial charge is 0.128 e. The van der Waals surface area contributed by atoms with Gasteiger partial charge in [-0.1, -0.05) is 53.9 Å². The second-order valence-corrected chi connectivity index (χ2v) is 8.15. The van der Waals surface area contributed by atoms with Crippen LogP contribution in [0.2, 0.25) is 0 Å². The number of ether oxygens (including phenoxy) is 1. The minimum absolute atomic E-state index is 0.367. The molecule has 0 aromatic carbocycles. The predicted octanol–water partition coefficient (Wildman–Crippen LogP) is 5.02. The second kappa shape index (κ2) is 12.0. The van der Waals surface area contributed by atoms with Crippen LogP contribution in [0.15, 0.2) is 35.0 Å². The number of nitrogens with one attached hydrogen (secondary N) is 1. The molecule has 146 valence electrons. The van der Waals surface area contributed by atoms with Gasteiger partial charge in [0.25, 0.3) is 0 Å². The fourth-order valence-corrected chi connectivity index (χ4v) is 4.47. The van der Waals surface area contributed by atoms with E-state index in [9.17, 15) is 0 Å². The maximum absolute atomic E-state index is 6.27. The summed E-state index contributed by atoms with van der Waals surface area (Å²) in [6, 6.07) is 6.64. The highest BCUT2D eigenvalue weighted by Gasteiger charge is 2.30. The third-order valence-electron chi connectivity index (χ3n) is 4.83. The highest BCUT2D eigenvalue weighted by molar-refractivity contribution is 9.11. The van der Waals surface area contributed by atoms with Crippen LogP contribution < -0.4 is 9.62 Å². The normalized spacial score (nSPS) is 25.9. The zero-order chi connectivity index (χ0) is 18.8. The van der Waals surface area contributed by atoms with Crippen LogP contribution in [-0.2, 0) is 4.74 Å². The number of hydrogen-bond donors (Lipinski definition) is 1. The molecular formula is C20H32BrN3OS. The number of halogens is 1. The lowest BCUT2D eigenvalue weighted by atomic mass is 9.93. The molecule has 3 atom stereocenters. The quantitative estimate of drug-likeness (QED) is 0.627. The van der Waals surface area contributed by atoms with Crippen molar-refractivity contribution in [2.24, 2.45) is 5.92 Å². The van der Waals surface area contributed by atoms with E-state index < -0.39 is 0 Å². The molecule has 0 bridgehead atoms. The van der Waals surface area contributed by atoms with Gasteiger partial charge in [-0.15, -0.1) is 0 Å². The third-order valence-corrected chi connectivity index (χ3v) is 6.09. The van der Waals surface area contributed by atoms with Crippen molar-refractivity contribution in [3.05, 3.63) is 35.0 Å². The minimum Gasteiger partial charge on any atom is -0.377 e. The standard InChI is InChI=1S/C18H26BrN3OS.C2H6/c1-24-21-17-9-11-22(18-4-2-3-10-20-18)12-14(17)13-23-16-7-5-15(19)6-8-16;1-2/h2-5,10,14,16-17,21H,6-9,11-13H2,1H3;1-2H3. The fourth-order valence-electron chi connectivity index (χ4n) is 3.45. The Morgan fingerprint density at radius 1 is 1.35 bits per heavy atom. The van der Waals surface area contributed by atoms with Gasteiger partial charge in [-0.3, -0.25) is 4.72 Å². The van der Waals surface area contributed by atoms with Crippen LogP contribution in [-0.4, -0.2) is 43.1 Å². The number of aromatic nitrogens is 1. The first-order chi connectivity index (χ1) is 12.8. The molecule has 3 rings (SSSR count). The first-order valence-electron chi connectivity index (χ1n) is 9.67. The zero-order valence-corrected chi connectivity index (χ0v) is 18.6. The number of rotatable bonds is 6. The first kappa shape index (κ1) is 21.7. The molecule has 1 N–H and O–H groups in total. The summed E-state index contributed by atoms with van der Waals surface area (Å²) in [4.78, 5) is 6.91. The molecule has 0 saturated carbocycles. The van der Waals surface area contributed by atoms with Crippen molar-refractivity contribution in [1.29, 1.82) is 0 Å². The van der Waals surface area contributed by atoms with Crippen molar-refractivity contribution in [2.45, 2.75) is 51.7 Å². The van der Waals surface area contributed by atoms with Gasteiger partial charge >= 0.3 is 0 Å². The average molecular weight is 442 g/mol. The molecule has 3 unspecified atom stereocenters. The summed E-state index contributed by atoms with van der Waals surface area (Å²) in [7, 11) is 0. The molecule has 0 radical (unpaired) electrons. The van der Waals surface area contributed by atoms with Gasteiger partial charge < -0.3 is 9.64 Å². The van der Waals surface area contributed by atoms with Crippen molar-refractivity contribution in [1.82, 2.24) is 9.71 Å². The summed E-state index contributed by atoms with van der Waals surface area (Å²) in [6.07, 6.45) is 11.0. The maximum Gasteiger partial charge on any atom is 0.128 e. The predicted molar refractivity (Wildman–Crippen MR) is 117 cm³/mol. The topological polar surface area (TPSA) is 37.4 Å². The van der Waals surface area contributed by atoms with E-state index in [1.165, 1.54) is 4.48 Å². The van der Waals surface area contributed by atoms with Crippen LogP contribution >= 0.6 is 27.9 Å². The van der Waals surface area contributed by atoms with E-state index in [-0.39, 0.29) is 0 Å². The Morgan fingerprint density at radius 3 is 2.85 bits per heavy atom. The van der Waals surface area contributed by atoms with Crippen LogP contribution in [0, 0.1) is 5.92 Å². The maximum atomic E-state index is 6.27. The Morgan fingerprint density at radius 2 is 2.19 bits per heavy atom. The molecule has 26 heavy (non-hydrogen) atoms. The molecule has 1 fully saturated rings. The van der Waals surface area contributed by atoms with Crippen LogP contribution in [0.3, 0.4) is 0 Å². The number of anilines is 1. The van der Waals surface area contributed by atoms with Gasteiger partial charge in [0.2, 0.25) is 0 Å². The van der Waals surface area contributed by atoms with Crippen LogP contribution in [0.4, 0.5) is 5.82 Å². The number of nitrogens with zero attached hydrogens (tertiary/aromatic N) is 2.